The number of ether oxygens (including phenoxy) is 1. The van der Waals surface area contributed by atoms with E-state index in [-0.39, 0.29) is 5.56 Å². The number of nitrogens with zero attached hydrogens (tertiary/aromatic N) is 2. The molecule has 2 aromatic heterocycles. The van der Waals surface area contributed by atoms with Crippen LogP contribution in [0.1, 0.15) is 24.2 Å². The fourth-order valence-electron chi connectivity index (χ4n) is 2.67. The Hall–Kier alpha value is -2.89. The lowest BCUT2D eigenvalue weighted by molar-refractivity contribution is 0.0692. The van der Waals surface area contributed by atoms with Crippen LogP contribution < -0.4 is 4.74 Å². The van der Waals surface area contributed by atoms with Crippen LogP contribution in [0.4, 0.5) is 4.39 Å². The SMILES string of the molecule is CC(C)COc1ccc(-c2cn(C)c3cc(C(=O)O)c(F)cc23)cn1. The fraction of sp³-hybridized carbons (Fsp3) is 0.263. The number of aryl methyl sites for hydroxylation is 1. The second-order valence-electron chi connectivity index (χ2n) is 6.40. The standard InChI is InChI=1S/C19H19FN2O3/c1-11(2)10-25-18-5-4-12(8-21-18)15-9-22(3)17-7-14(19(23)24)16(20)6-13(15)17/h4-9,11H,10H2,1-3H3,(H,23,24). The van der Waals surface area contributed by atoms with E-state index in [2.05, 4.69) is 18.8 Å². The van der Waals surface area contributed by atoms with Gasteiger partial charge in [0.25, 0.3) is 0 Å². The second-order valence-corrected chi connectivity index (χ2v) is 6.40. The van der Waals surface area contributed by atoms with Gasteiger partial charge < -0.3 is 14.4 Å². The van der Waals surface area contributed by atoms with Crippen molar-refractivity contribution in [1.82, 2.24) is 9.55 Å². The lowest BCUT2D eigenvalue weighted by atomic mass is 10.0. The van der Waals surface area contributed by atoms with E-state index in [0.29, 0.717) is 29.3 Å². The highest BCUT2D eigenvalue weighted by Crippen LogP contribution is 2.32. The minimum atomic E-state index is -1.28. The molecule has 3 rings (SSSR count). The van der Waals surface area contributed by atoms with E-state index in [0.717, 1.165) is 11.1 Å². The minimum absolute atomic E-state index is 0.337. The third kappa shape index (κ3) is 3.33. The molecule has 0 saturated heterocycles. The lowest BCUT2D eigenvalue weighted by Crippen LogP contribution is -2.05. The van der Waals surface area contributed by atoms with Gasteiger partial charge in [0.2, 0.25) is 5.88 Å². The molecular formula is C19H19FN2O3. The van der Waals surface area contributed by atoms with Crippen molar-refractivity contribution in [1.29, 1.82) is 0 Å². The zero-order valence-corrected chi connectivity index (χ0v) is 14.3. The summed E-state index contributed by atoms with van der Waals surface area (Å²) in [6.45, 7) is 4.71. The summed E-state index contributed by atoms with van der Waals surface area (Å²) >= 11 is 0. The van der Waals surface area contributed by atoms with Crippen molar-refractivity contribution in [2.45, 2.75) is 13.8 Å². The van der Waals surface area contributed by atoms with Gasteiger partial charge in [0.1, 0.15) is 5.82 Å². The first-order chi connectivity index (χ1) is 11.9. The summed E-state index contributed by atoms with van der Waals surface area (Å²) in [7, 11) is 1.79. The number of hydrogen-bond acceptors (Lipinski definition) is 3. The van der Waals surface area contributed by atoms with Gasteiger partial charge in [0.05, 0.1) is 12.2 Å². The Morgan fingerprint density at radius 1 is 1.36 bits per heavy atom. The van der Waals surface area contributed by atoms with Crippen LogP contribution in [-0.2, 0) is 7.05 Å². The van der Waals surface area contributed by atoms with E-state index >= 15 is 0 Å². The van der Waals surface area contributed by atoms with Crippen molar-refractivity contribution in [3.63, 3.8) is 0 Å². The van der Waals surface area contributed by atoms with Crippen molar-refractivity contribution < 1.29 is 19.0 Å². The number of carbonyl (C=O) groups is 1. The molecule has 0 amide bonds. The van der Waals surface area contributed by atoms with Crippen molar-refractivity contribution in [3.8, 4) is 17.0 Å². The number of aromatic nitrogens is 2. The van der Waals surface area contributed by atoms with Crippen molar-refractivity contribution >= 4 is 16.9 Å². The summed E-state index contributed by atoms with van der Waals surface area (Å²) in [4.78, 5) is 15.4. The van der Waals surface area contributed by atoms with Gasteiger partial charge in [-0.2, -0.15) is 0 Å². The van der Waals surface area contributed by atoms with E-state index in [4.69, 9.17) is 9.84 Å². The average molecular weight is 342 g/mol. The Morgan fingerprint density at radius 2 is 2.12 bits per heavy atom. The molecule has 0 saturated carbocycles. The molecule has 1 aromatic carbocycles. The van der Waals surface area contributed by atoms with Crippen LogP contribution in [-0.4, -0.2) is 27.2 Å². The number of fused-ring (bicyclic) bond motifs is 1. The normalized spacial score (nSPS) is 11.2. The van der Waals surface area contributed by atoms with E-state index in [1.807, 2.05) is 12.3 Å². The number of carboxylic acid groups (broad SMARTS) is 1. The van der Waals surface area contributed by atoms with Crippen LogP contribution in [0.15, 0.2) is 36.7 Å². The predicted molar refractivity (Wildman–Crippen MR) is 93.4 cm³/mol. The number of benzene rings is 1. The maximum atomic E-state index is 14.1. The first kappa shape index (κ1) is 17.0. The third-order valence-corrected chi connectivity index (χ3v) is 3.92. The Morgan fingerprint density at radius 3 is 2.72 bits per heavy atom. The molecule has 0 unspecified atom stereocenters. The Labute approximate surface area is 144 Å². The highest BCUT2D eigenvalue weighted by molar-refractivity contribution is 6.00. The quantitative estimate of drug-likeness (QED) is 0.758. The van der Waals surface area contributed by atoms with Gasteiger partial charge in [-0.3, -0.25) is 0 Å². The summed E-state index contributed by atoms with van der Waals surface area (Å²) < 4.78 is 21.4. The van der Waals surface area contributed by atoms with E-state index < -0.39 is 11.8 Å². The van der Waals surface area contributed by atoms with Gasteiger partial charge in [-0.15, -0.1) is 0 Å². The van der Waals surface area contributed by atoms with E-state index in [1.54, 1.807) is 23.9 Å². The lowest BCUT2D eigenvalue weighted by Gasteiger charge is -2.08. The number of hydrogen-bond donors (Lipinski definition) is 1. The van der Waals surface area contributed by atoms with Crippen molar-refractivity contribution in [2.75, 3.05) is 6.61 Å². The molecule has 0 aliphatic carbocycles. The number of carboxylic acids is 1. The zero-order valence-electron chi connectivity index (χ0n) is 14.3. The Kier molecular flexibility index (Phi) is 4.44. The molecule has 130 valence electrons. The molecule has 0 aliphatic heterocycles. The molecule has 0 aliphatic rings. The second kappa shape index (κ2) is 6.55. The van der Waals surface area contributed by atoms with Crippen LogP contribution in [0.25, 0.3) is 22.0 Å². The van der Waals surface area contributed by atoms with Crippen LogP contribution in [0.5, 0.6) is 5.88 Å². The molecule has 5 nitrogen and oxygen atoms in total. The first-order valence-electron chi connectivity index (χ1n) is 7.98. The summed E-state index contributed by atoms with van der Waals surface area (Å²) in [5.74, 6) is -1.09. The van der Waals surface area contributed by atoms with Gasteiger partial charge >= 0.3 is 5.97 Å². The van der Waals surface area contributed by atoms with Gasteiger partial charge in [-0.1, -0.05) is 13.8 Å². The fourth-order valence-corrected chi connectivity index (χ4v) is 2.67. The van der Waals surface area contributed by atoms with Gasteiger partial charge in [0.15, 0.2) is 0 Å². The molecule has 6 heteroatoms. The zero-order chi connectivity index (χ0) is 18.1. The molecule has 1 N–H and O–H groups in total. The highest BCUT2D eigenvalue weighted by atomic mass is 19.1. The van der Waals surface area contributed by atoms with Gasteiger partial charge in [-0.05, 0) is 24.1 Å². The molecule has 0 atom stereocenters. The summed E-state index contributed by atoms with van der Waals surface area (Å²) in [6.07, 6.45) is 3.51. The number of aromatic carboxylic acids is 1. The van der Waals surface area contributed by atoms with Gasteiger partial charge in [0, 0.05) is 47.5 Å². The Bertz CT molecular complexity index is 930. The summed E-state index contributed by atoms with van der Waals surface area (Å²) in [6, 6.07) is 6.25. The molecule has 25 heavy (non-hydrogen) atoms. The molecule has 0 spiro atoms. The highest BCUT2D eigenvalue weighted by Gasteiger charge is 2.16. The third-order valence-electron chi connectivity index (χ3n) is 3.92. The molecule has 2 heterocycles. The minimum Gasteiger partial charge on any atom is -0.478 e. The van der Waals surface area contributed by atoms with Crippen molar-refractivity contribution in [3.05, 3.63) is 48.0 Å². The molecule has 0 radical (unpaired) electrons. The van der Waals surface area contributed by atoms with Crippen molar-refractivity contribution in [2.24, 2.45) is 13.0 Å². The topological polar surface area (TPSA) is 64.3 Å². The van der Waals surface area contributed by atoms with Crippen LogP contribution in [0, 0.1) is 11.7 Å². The smallest absolute Gasteiger partial charge is 0.338 e. The number of pyridine rings is 1. The largest absolute Gasteiger partial charge is 0.478 e. The monoisotopic (exact) mass is 342 g/mol. The summed E-state index contributed by atoms with van der Waals surface area (Å²) in [5, 5.41) is 9.73. The maximum Gasteiger partial charge on any atom is 0.338 e. The van der Waals surface area contributed by atoms with E-state index in [1.165, 1.54) is 12.1 Å². The first-order valence-corrected chi connectivity index (χ1v) is 7.98. The van der Waals surface area contributed by atoms with Gasteiger partial charge in [-0.25, -0.2) is 14.2 Å². The number of halogens is 1. The van der Waals surface area contributed by atoms with Crippen LogP contribution >= 0.6 is 0 Å². The van der Waals surface area contributed by atoms with Crippen LogP contribution in [0.3, 0.4) is 0 Å². The molecule has 3 aromatic rings. The maximum absolute atomic E-state index is 14.1. The average Bonchev–Trinajstić information content (AvgIpc) is 2.88. The predicted octanol–water partition coefficient (Wildman–Crippen LogP) is 4.11. The number of rotatable bonds is 5. The summed E-state index contributed by atoms with van der Waals surface area (Å²) in [5.41, 5.74) is 1.91. The van der Waals surface area contributed by atoms with E-state index in [9.17, 15) is 9.18 Å². The van der Waals surface area contributed by atoms with Crippen LogP contribution in [0.2, 0.25) is 0 Å². The molecular weight excluding hydrogens is 323 g/mol. The molecule has 0 fully saturated rings. The molecule has 0 bridgehead atoms. The Balaban J connectivity index is 2.01.